The summed E-state index contributed by atoms with van der Waals surface area (Å²) in [6, 6.07) is 8.70. The second-order valence-electron chi connectivity index (χ2n) is 5.94. The van der Waals surface area contributed by atoms with Gasteiger partial charge >= 0.3 is 0 Å². The summed E-state index contributed by atoms with van der Waals surface area (Å²) in [4.78, 5) is 24.8. The van der Waals surface area contributed by atoms with Gasteiger partial charge in [-0.05, 0) is 48.8 Å². The quantitative estimate of drug-likeness (QED) is 0.723. The van der Waals surface area contributed by atoms with E-state index in [2.05, 4.69) is 10.6 Å². The normalized spacial score (nSPS) is 14.9. The molecule has 1 aliphatic carbocycles. The minimum Gasteiger partial charge on any atom is -0.396 e. The molecule has 1 saturated carbocycles. The molecular weight excluding hydrogens is 324 g/mol. The summed E-state index contributed by atoms with van der Waals surface area (Å²) < 4.78 is 0. The van der Waals surface area contributed by atoms with Crippen LogP contribution in [-0.2, 0) is 0 Å². The highest BCUT2D eigenvalue weighted by atomic mass is 32.1. The molecule has 1 aliphatic rings. The number of carbonyl (C=O) groups is 2. The molecular formula is C18H20N2O3S. The van der Waals surface area contributed by atoms with E-state index in [1.807, 2.05) is 5.38 Å². The minimum absolute atomic E-state index is 0.0110. The monoisotopic (exact) mass is 344 g/mol. The van der Waals surface area contributed by atoms with E-state index in [-0.39, 0.29) is 24.5 Å². The number of amides is 2. The van der Waals surface area contributed by atoms with Crippen molar-refractivity contribution in [3.63, 3.8) is 0 Å². The third kappa shape index (κ3) is 4.01. The number of para-hydroxylation sites is 1. The zero-order valence-corrected chi connectivity index (χ0v) is 14.0. The first-order valence-corrected chi connectivity index (χ1v) is 8.97. The highest BCUT2D eigenvalue weighted by molar-refractivity contribution is 7.08. The molecule has 0 bridgehead atoms. The molecule has 0 aliphatic heterocycles. The molecule has 1 heterocycles. The summed E-state index contributed by atoms with van der Waals surface area (Å²) in [6.45, 7) is 0.0536. The Labute approximate surface area is 144 Å². The zero-order chi connectivity index (χ0) is 16.9. The molecule has 24 heavy (non-hydrogen) atoms. The van der Waals surface area contributed by atoms with Gasteiger partial charge < -0.3 is 15.7 Å². The van der Waals surface area contributed by atoms with E-state index in [1.54, 1.807) is 35.7 Å². The van der Waals surface area contributed by atoms with Crippen LogP contribution in [0.1, 0.15) is 40.0 Å². The fourth-order valence-corrected chi connectivity index (χ4v) is 3.32. The van der Waals surface area contributed by atoms with Crippen LogP contribution < -0.4 is 10.6 Å². The lowest BCUT2D eigenvalue weighted by molar-refractivity contribution is 0.0925. The van der Waals surface area contributed by atoms with Crippen LogP contribution in [-0.4, -0.2) is 29.6 Å². The van der Waals surface area contributed by atoms with E-state index < -0.39 is 0 Å². The maximum absolute atomic E-state index is 12.6. The molecule has 3 N–H and O–H groups in total. The van der Waals surface area contributed by atoms with Crippen molar-refractivity contribution in [3.05, 3.63) is 52.2 Å². The van der Waals surface area contributed by atoms with E-state index in [4.69, 9.17) is 5.11 Å². The summed E-state index contributed by atoms with van der Waals surface area (Å²) in [7, 11) is 0. The van der Waals surface area contributed by atoms with Crippen molar-refractivity contribution >= 4 is 28.8 Å². The Morgan fingerprint density at radius 2 is 2.00 bits per heavy atom. The van der Waals surface area contributed by atoms with Crippen LogP contribution in [0, 0.1) is 5.92 Å². The molecule has 6 heteroatoms. The van der Waals surface area contributed by atoms with Crippen molar-refractivity contribution < 1.29 is 14.7 Å². The highest BCUT2D eigenvalue weighted by Crippen LogP contribution is 2.34. The van der Waals surface area contributed by atoms with Gasteiger partial charge in [-0.3, -0.25) is 9.59 Å². The minimum atomic E-state index is -0.231. The molecule has 5 nitrogen and oxygen atoms in total. The van der Waals surface area contributed by atoms with Crippen LogP contribution >= 0.6 is 11.3 Å². The van der Waals surface area contributed by atoms with Crippen LogP contribution in [0.25, 0.3) is 0 Å². The van der Waals surface area contributed by atoms with Gasteiger partial charge in [0.05, 0.1) is 16.8 Å². The SMILES string of the molecule is O=C(Nc1ccccc1C(=O)NC(CCO)C1CC1)c1ccsc1. The summed E-state index contributed by atoms with van der Waals surface area (Å²) in [5.41, 5.74) is 1.50. The molecule has 0 spiro atoms. The number of carbonyl (C=O) groups excluding carboxylic acids is 2. The maximum Gasteiger partial charge on any atom is 0.256 e. The van der Waals surface area contributed by atoms with Gasteiger partial charge in [0.2, 0.25) is 0 Å². The molecule has 1 aromatic heterocycles. The van der Waals surface area contributed by atoms with Crippen LogP contribution in [0.15, 0.2) is 41.1 Å². The zero-order valence-electron chi connectivity index (χ0n) is 13.2. The van der Waals surface area contributed by atoms with E-state index in [9.17, 15) is 9.59 Å². The molecule has 0 saturated heterocycles. The Hall–Kier alpha value is -2.18. The summed E-state index contributed by atoms with van der Waals surface area (Å²) in [5, 5.41) is 18.6. The molecule has 1 unspecified atom stereocenters. The summed E-state index contributed by atoms with van der Waals surface area (Å²) >= 11 is 1.45. The Bertz CT molecular complexity index is 711. The second kappa shape index (κ2) is 7.59. The van der Waals surface area contributed by atoms with Crippen molar-refractivity contribution in [1.29, 1.82) is 0 Å². The Balaban J connectivity index is 1.73. The van der Waals surface area contributed by atoms with Gasteiger partial charge in [-0.25, -0.2) is 0 Å². The largest absolute Gasteiger partial charge is 0.396 e. The molecule has 1 aromatic carbocycles. The molecule has 1 fully saturated rings. The highest BCUT2D eigenvalue weighted by Gasteiger charge is 2.32. The van der Waals surface area contributed by atoms with Gasteiger partial charge in [0, 0.05) is 18.0 Å². The van der Waals surface area contributed by atoms with Crippen LogP contribution in [0.2, 0.25) is 0 Å². The number of anilines is 1. The number of benzene rings is 1. The number of nitrogens with one attached hydrogen (secondary N) is 2. The van der Waals surface area contributed by atoms with Gasteiger partial charge in [0.25, 0.3) is 11.8 Å². The molecule has 126 valence electrons. The predicted molar refractivity (Wildman–Crippen MR) is 94.4 cm³/mol. The van der Waals surface area contributed by atoms with Gasteiger partial charge in [-0.15, -0.1) is 0 Å². The summed E-state index contributed by atoms with van der Waals surface area (Å²) in [6.07, 6.45) is 2.73. The van der Waals surface area contributed by atoms with Gasteiger partial charge in [0.15, 0.2) is 0 Å². The van der Waals surface area contributed by atoms with Gasteiger partial charge in [-0.2, -0.15) is 11.3 Å². The van der Waals surface area contributed by atoms with Crippen molar-refractivity contribution in [1.82, 2.24) is 5.32 Å². The Morgan fingerprint density at radius 3 is 2.67 bits per heavy atom. The van der Waals surface area contributed by atoms with Crippen LogP contribution in [0.3, 0.4) is 0 Å². The molecule has 2 aromatic rings. The third-order valence-corrected chi connectivity index (χ3v) is 4.83. The van der Waals surface area contributed by atoms with Crippen molar-refractivity contribution in [2.24, 2.45) is 5.92 Å². The molecule has 3 rings (SSSR count). The topological polar surface area (TPSA) is 78.4 Å². The van der Waals surface area contributed by atoms with Crippen molar-refractivity contribution in [2.75, 3.05) is 11.9 Å². The van der Waals surface area contributed by atoms with E-state index in [0.717, 1.165) is 12.8 Å². The van der Waals surface area contributed by atoms with Crippen LogP contribution in [0.4, 0.5) is 5.69 Å². The lowest BCUT2D eigenvalue weighted by atomic mass is 10.1. The average Bonchev–Trinajstić information content (AvgIpc) is 3.28. The Kier molecular flexibility index (Phi) is 5.27. The molecule has 1 atom stereocenters. The standard InChI is InChI=1S/C18H20N2O3S/c21-9-7-15(12-5-6-12)19-18(23)14-3-1-2-4-16(14)20-17(22)13-8-10-24-11-13/h1-4,8,10-12,15,21H,5-7,9H2,(H,19,23)(H,20,22). The molecule has 2 amide bonds. The average molecular weight is 344 g/mol. The first kappa shape index (κ1) is 16.7. The smallest absolute Gasteiger partial charge is 0.256 e. The number of thiophene rings is 1. The number of hydrogen-bond donors (Lipinski definition) is 3. The predicted octanol–water partition coefficient (Wildman–Crippen LogP) is 2.89. The van der Waals surface area contributed by atoms with E-state index in [0.29, 0.717) is 29.2 Å². The van der Waals surface area contributed by atoms with Gasteiger partial charge in [0.1, 0.15) is 0 Å². The maximum atomic E-state index is 12.6. The van der Waals surface area contributed by atoms with Gasteiger partial charge in [-0.1, -0.05) is 12.1 Å². The number of hydrogen-bond acceptors (Lipinski definition) is 4. The second-order valence-corrected chi connectivity index (χ2v) is 6.72. The lowest BCUT2D eigenvalue weighted by Gasteiger charge is -2.18. The fourth-order valence-electron chi connectivity index (χ4n) is 2.69. The third-order valence-electron chi connectivity index (χ3n) is 4.15. The summed E-state index contributed by atoms with van der Waals surface area (Å²) in [5.74, 6) is 0.000768. The number of aliphatic hydroxyl groups excluding tert-OH is 1. The van der Waals surface area contributed by atoms with Crippen molar-refractivity contribution in [3.8, 4) is 0 Å². The fraction of sp³-hybridized carbons (Fsp3) is 0.333. The van der Waals surface area contributed by atoms with E-state index in [1.165, 1.54) is 11.3 Å². The Morgan fingerprint density at radius 1 is 1.21 bits per heavy atom. The van der Waals surface area contributed by atoms with Crippen LogP contribution in [0.5, 0.6) is 0 Å². The number of rotatable bonds is 7. The number of aliphatic hydroxyl groups is 1. The molecule has 0 radical (unpaired) electrons. The lowest BCUT2D eigenvalue weighted by Crippen LogP contribution is -2.37. The first-order valence-electron chi connectivity index (χ1n) is 8.03. The van der Waals surface area contributed by atoms with Crippen molar-refractivity contribution in [2.45, 2.75) is 25.3 Å². The van der Waals surface area contributed by atoms with E-state index >= 15 is 0 Å². The first-order chi connectivity index (χ1) is 11.7.